The van der Waals surface area contributed by atoms with E-state index in [9.17, 15) is 33.9 Å². The largest absolute Gasteiger partial charge is 0.391 e. The number of likely N-dealkylation sites (N-methyl/N-ethyl adjacent to an activating group) is 1. The highest BCUT2D eigenvalue weighted by molar-refractivity contribution is 7.13. The van der Waals surface area contributed by atoms with E-state index in [1.807, 2.05) is 128 Å². The van der Waals surface area contributed by atoms with Gasteiger partial charge in [-0.2, -0.15) is 5.10 Å². The van der Waals surface area contributed by atoms with Gasteiger partial charge in [-0.05, 0) is 107 Å². The number of aromatic amines is 1. The number of amides is 7. The number of carbonyl (C=O) groups excluding carboxylic acids is 6. The molecule has 0 unspecified atom stereocenters. The minimum absolute atomic E-state index is 0.0402. The molecule has 5 atom stereocenters. The maximum atomic E-state index is 14.4. The number of benzene rings is 3. The first-order valence-corrected chi connectivity index (χ1v) is 26.1. The molecule has 3 aliphatic carbocycles. The quantitative estimate of drug-likeness (QED) is 0.0629. The number of hydrogen-bond donors (Lipinski definition) is 7. The average molecular weight is 1030 g/mol. The number of carbonyl (C=O) groups is 6. The summed E-state index contributed by atoms with van der Waals surface area (Å²) in [6, 6.07) is 21.2. The molecular formula is C55H67N11O7S. The van der Waals surface area contributed by atoms with E-state index in [4.69, 9.17) is 0 Å². The molecule has 74 heavy (non-hydrogen) atoms. The van der Waals surface area contributed by atoms with Gasteiger partial charge in [-0.3, -0.25) is 29.1 Å². The molecule has 0 radical (unpaired) electrons. The number of fused-ring (bicyclic) bond motifs is 1. The van der Waals surface area contributed by atoms with Gasteiger partial charge in [0.25, 0.3) is 11.8 Å². The van der Waals surface area contributed by atoms with E-state index in [1.165, 1.54) is 4.90 Å². The summed E-state index contributed by atoms with van der Waals surface area (Å²) >= 11 is 1.57. The molecule has 19 heteroatoms. The van der Waals surface area contributed by atoms with Gasteiger partial charge in [0.1, 0.15) is 12.1 Å². The molecule has 18 nitrogen and oxygen atoms in total. The van der Waals surface area contributed by atoms with Crippen molar-refractivity contribution in [2.75, 3.05) is 32.5 Å². The van der Waals surface area contributed by atoms with E-state index in [1.54, 1.807) is 40.5 Å². The van der Waals surface area contributed by atoms with Crippen molar-refractivity contribution < 1.29 is 33.9 Å². The predicted octanol–water partition coefficient (Wildman–Crippen LogP) is 6.18. The minimum atomic E-state index is -0.987. The zero-order valence-electron chi connectivity index (χ0n) is 43.5. The molecule has 10 rings (SSSR count). The Morgan fingerprint density at radius 1 is 0.878 bits per heavy atom. The molecule has 5 aromatic rings. The van der Waals surface area contributed by atoms with Gasteiger partial charge in [0.2, 0.25) is 17.7 Å². The fraction of sp³-hybridized carbons (Fsp3) is 0.455. The van der Waals surface area contributed by atoms with Crippen molar-refractivity contribution in [2.45, 2.75) is 122 Å². The van der Waals surface area contributed by atoms with Crippen LogP contribution in [0, 0.1) is 17.8 Å². The van der Waals surface area contributed by atoms with Crippen molar-refractivity contribution in [1.29, 1.82) is 0 Å². The molecule has 1 saturated heterocycles. The van der Waals surface area contributed by atoms with Crippen molar-refractivity contribution in [2.24, 2.45) is 10.8 Å². The van der Waals surface area contributed by atoms with Crippen molar-refractivity contribution in [1.82, 2.24) is 51.1 Å². The molecule has 2 bridgehead atoms. The van der Waals surface area contributed by atoms with Crippen molar-refractivity contribution in [3.05, 3.63) is 124 Å². The molecule has 0 spiro atoms. The zero-order valence-corrected chi connectivity index (χ0v) is 44.3. The van der Waals surface area contributed by atoms with Crippen LogP contribution in [-0.2, 0) is 26.5 Å². The summed E-state index contributed by atoms with van der Waals surface area (Å²) in [5.41, 5.74) is 4.92. The lowest BCUT2D eigenvalue weighted by molar-refractivity contribution is -0.180. The lowest BCUT2D eigenvalue weighted by atomic mass is 9.39. The average Bonchev–Trinajstić information content (AvgIpc) is 4.12. The molecular weight excluding hydrogens is 959 g/mol. The van der Waals surface area contributed by atoms with Gasteiger partial charge in [-0.1, -0.05) is 75.4 Å². The van der Waals surface area contributed by atoms with E-state index in [-0.39, 0.29) is 55.3 Å². The fourth-order valence-electron chi connectivity index (χ4n) is 11.2. The molecule has 3 aromatic carbocycles. The number of rotatable bonds is 15. The molecule has 390 valence electrons. The Labute approximate surface area is 435 Å². The topological polar surface area (TPSA) is 234 Å². The number of anilines is 1. The van der Waals surface area contributed by atoms with Crippen LogP contribution in [0.15, 0.2) is 84.4 Å². The monoisotopic (exact) mass is 1030 g/mol. The smallest absolute Gasteiger partial charge is 0.319 e. The van der Waals surface area contributed by atoms with Crippen LogP contribution < -0.4 is 26.6 Å². The Hall–Kier alpha value is -6.96. The van der Waals surface area contributed by atoms with Gasteiger partial charge in [0.15, 0.2) is 5.82 Å². The first-order valence-electron chi connectivity index (χ1n) is 25.2. The van der Waals surface area contributed by atoms with Crippen LogP contribution in [0.25, 0.3) is 10.4 Å². The summed E-state index contributed by atoms with van der Waals surface area (Å²) in [7, 11) is 3.92. The number of aliphatic hydroxyl groups excluding tert-OH is 1. The van der Waals surface area contributed by atoms with Gasteiger partial charge in [-0.25, -0.2) is 9.78 Å². The van der Waals surface area contributed by atoms with Crippen LogP contribution >= 0.6 is 11.3 Å². The van der Waals surface area contributed by atoms with E-state index in [2.05, 4.69) is 41.8 Å². The van der Waals surface area contributed by atoms with Crippen LogP contribution in [0.3, 0.4) is 0 Å². The maximum absolute atomic E-state index is 14.4. The number of H-pyrrole nitrogens is 1. The number of likely N-dealkylation sites (tertiary alicyclic amines) is 1. The third-order valence-electron chi connectivity index (χ3n) is 15.3. The standard InChI is InChI=1S/C55H67N11O7S/c1-31(33-15-17-35(18-16-33)42-32(2)56-30-74-42)57-48(70)41-23-38(67)24-65(41)49(71)44(52(3,4)5)59-50(72)54-27-55(28-54,29-54)61-47(69)37-21-19-36(20-22-37)46(68)60-45-39-25-66(53(6,7)43(39)62-63-45)51(73)58-40(26-64(8)9)34-13-11-10-12-14-34/h10-22,30-31,38,40-41,44,67H,23-29H2,1-9H3,(H,57,70)(H,58,73)(H,59,72)(H,61,69)(H2,60,62,63,68)/t31-,38+,40+,41-,44+,54?,55?/m0/s1. The number of aryl methyl sites for hydroxylation is 1. The summed E-state index contributed by atoms with van der Waals surface area (Å²) in [5, 5.41) is 33.5. The second-order valence-electron chi connectivity index (χ2n) is 22.6. The summed E-state index contributed by atoms with van der Waals surface area (Å²) in [5.74, 6) is -1.57. The van der Waals surface area contributed by atoms with Gasteiger partial charge >= 0.3 is 6.03 Å². The molecule has 4 fully saturated rings. The van der Waals surface area contributed by atoms with Crippen molar-refractivity contribution in [3.8, 4) is 10.4 Å². The second-order valence-corrected chi connectivity index (χ2v) is 23.5. The lowest BCUT2D eigenvalue weighted by Gasteiger charge is -2.69. The van der Waals surface area contributed by atoms with Gasteiger partial charge in [0, 0.05) is 41.7 Å². The van der Waals surface area contributed by atoms with Gasteiger partial charge in [0.05, 0.1) is 57.5 Å². The fourth-order valence-corrected chi connectivity index (χ4v) is 12.0. The highest BCUT2D eigenvalue weighted by atomic mass is 32.1. The number of hydrogen-bond acceptors (Lipinski definition) is 11. The molecule has 7 amide bonds. The van der Waals surface area contributed by atoms with Crippen LogP contribution in [-0.4, -0.2) is 121 Å². The molecule has 2 aliphatic heterocycles. The normalized spacial score (nSPS) is 22.6. The lowest BCUT2D eigenvalue weighted by Crippen LogP contribution is -2.79. The van der Waals surface area contributed by atoms with Crippen LogP contribution in [0.1, 0.15) is 128 Å². The Bertz CT molecular complexity index is 2940. The molecule has 5 aliphatic rings. The maximum Gasteiger partial charge on any atom is 0.319 e. The number of β-amino-alcohol motifs (C(OH)–C–C–N with tert-alkyl or cyclic N) is 1. The summed E-state index contributed by atoms with van der Waals surface area (Å²) in [6.45, 7) is 14.0. The zero-order chi connectivity index (χ0) is 53.1. The van der Waals surface area contributed by atoms with Crippen LogP contribution in [0.2, 0.25) is 0 Å². The van der Waals surface area contributed by atoms with Gasteiger partial charge < -0.3 is 46.4 Å². The van der Waals surface area contributed by atoms with Crippen molar-refractivity contribution >= 4 is 52.7 Å². The van der Waals surface area contributed by atoms with Crippen molar-refractivity contribution in [3.63, 3.8) is 0 Å². The Morgan fingerprint density at radius 3 is 2.14 bits per heavy atom. The first-order chi connectivity index (χ1) is 35.0. The van der Waals surface area contributed by atoms with Gasteiger partial charge in [-0.15, -0.1) is 11.3 Å². The first kappa shape index (κ1) is 51.9. The summed E-state index contributed by atoms with van der Waals surface area (Å²) < 4.78 is 0. The molecule has 4 heterocycles. The van der Waals surface area contributed by atoms with E-state index < -0.39 is 51.9 Å². The third-order valence-corrected chi connectivity index (χ3v) is 16.3. The molecule has 7 N–H and O–H groups in total. The SMILES string of the molecule is Cc1ncsc1-c1ccc([C@H](C)NC(=O)[C@@H]2C[C@@H](O)CN2C(=O)[C@@H](NC(=O)C23CC(NC(=O)c4ccc(C(=O)Nc5n[nH]c6c5CN(C(=O)N[C@H](CN(C)C)c5ccccc5)C6(C)C)cc4)(C2)C3)C(C)(C)C)cc1. The summed E-state index contributed by atoms with van der Waals surface area (Å²) in [6.07, 6.45) is 0.351. The number of aliphatic hydroxyl groups is 1. The highest BCUT2D eigenvalue weighted by Gasteiger charge is 2.72. The molecule has 2 aromatic heterocycles. The number of nitrogens with one attached hydrogen (secondary N) is 6. The van der Waals surface area contributed by atoms with Crippen LogP contribution in [0.4, 0.5) is 10.6 Å². The highest BCUT2D eigenvalue weighted by Crippen LogP contribution is 2.67. The second kappa shape index (κ2) is 19.7. The van der Waals surface area contributed by atoms with E-state index in [0.717, 1.165) is 33.0 Å². The van der Waals surface area contributed by atoms with E-state index >= 15 is 0 Å². The Morgan fingerprint density at radius 2 is 1.53 bits per heavy atom. The number of aromatic nitrogens is 3. The predicted molar refractivity (Wildman–Crippen MR) is 281 cm³/mol. The Kier molecular flexibility index (Phi) is 13.8. The number of urea groups is 1. The third kappa shape index (κ3) is 10.0. The van der Waals surface area contributed by atoms with E-state index in [0.29, 0.717) is 48.3 Å². The Balaban J connectivity index is 0.769. The molecule has 3 saturated carbocycles. The number of nitrogens with zero attached hydrogens (tertiary/aromatic N) is 5. The minimum Gasteiger partial charge on any atom is -0.391 e. The number of thiazole rings is 1. The summed E-state index contributed by atoms with van der Waals surface area (Å²) in [4.78, 5) is 93.8. The van der Waals surface area contributed by atoms with Crippen LogP contribution in [0.5, 0.6) is 0 Å².